The van der Waals surface area contributed by atoms with E-state index >= 15 is 0 Å². The first-order valence-corrected chi connectivity index (χ1v) is 10.5. The quantitative estimate of drug-likeness (QED) is 0.215. The van der Waals surface area contributed by atoms with Crippen molar-refractivity contribution in [1.82, 2.24) is 10.7 Å². The molecule has 7 nitrogen and oxygen atoms in total. The number of nitrogens with zero attached hydrogens (tertiary/aromatic N) is 1. The molecule has 0 spiro atoms. The van der Waals surface area contributed by atoms with Crippen LogP contribution in [0.5, 0.6) is 5.75 Å². The van der Waals surface area contributed by atoms with Gasteiger partial charge in [0.05, 0.1) is 17.3 Å². The molecule has 0 saturated heterocycles. The Labute approximate surface area is 193 Å². The van der Waals surface area contributed by atoms with E-state index in [1.165, 1.54) is 6.21 Å². The highest BCUT2D eigenvalue weighted by Gasteiger charge is 2.10. The third kappa shape index (κ3) is 6.88. The predicted octanol–water partition coefficient (Wildman–Crippen LogP) is 3.94. The molecule has 32 heavy (non-hydrogen) atoms. The summed E-state index contributed by atoms with van der Waals surface area (Å²) < 4.78 is 6.04. The van der Waals surface area contributed by atoms with Gasteiger partial charge in [0.1, 0.15) is 5.75 Å². The Morgan fingerprint density at radius 2 is 1.69 bits per heavy atom. The maximum atomic E-state index is 12.1. The molecule has 0 radical (unpaired) electrons. The minimum atomic E-state index is -0.461. The summed E-state index contributed by atoms with van der Waals surface area (Å²) in [6, 6.07) is 22.5. The van der Waals surface area contributed by atoms with Gasteiger partial charge in [-0.25, -0.2) is 10.2 Å². The third-order valence-corrected chi connectivity index (χ3v) is 4.93. The Balaban J connectivity index is 1.45. The second kappa shape index (κ2) is 11.6. The first kappa shape index (κ1) is 22.9. The molecular formula is C24H20BrN3O4. The van der Waals surface area contributed by atoms with Gasteiger partial charge in [-0.05, 0) is 57.9 Å². The Morgan fingerprint density at radius 1 is 0.938 bits per heavy atom. The van der Waals surface area contributed by atoms with Crippen molar-refractivity contribution in [2.24, 2.45) is 5.10 Å². The predicted molar refractivity (Wildman–Crippen MR) is 125 cm³/mol. The fourth-order valence-corrected chi connectivity index (χ4v) is 3.13. The summed E-state index contributed by atoms with van der Waals surface area (Å²) in [4.78, 5) is 36.2. The fraction of sp³-hybridized carbons (Fsp3) is 0.0833. The van der Waals surface area contributed by atoms with Gasteiger partial charge >= 0.3 is 5.97 Å². The van der Waals surface area contributed by atoms with E-state index in [-0.39, 0.29) is 24.8 Å². The van der Waals surface area contributed by atoms with Gasteiger partial charge in [0.15, 0.2) is 0 Å². The number of esters is 1. The van der Waals surface area contributed by atoms with Gasteiger partial charge in [-0.2, -0.15) is 5.10 Å². The minimum absolute atomic E-state index is 0.0717. The highest BCUT2D eigenvalue weighted by atomic mass is 79.9. The molecule has 0 bridgehead atoms. The van der Waals surface area contributed by atoms with Crippen molar-refractivity contribution in [2.75, 3.05) is 6.54 Å². The summed E-state index contributed by atoms with van der Waals surface area (Å²) in [6.45, 7) is 0.173. The molecule has 3 aromatic rings. The lowest BCUT2D eigenvalue weighted by Gasteiger charge is -2.06. The average Bonchev–Trinajstić information content (AvgIpc) is 2.80. The van der Waals surface area contributed by atoms with E-state index in [9.17, 15) is 14.4 Å². The maximum Gasteiger partial charge on any atom is 0.343 e. The van der Waals surface area contributed by atoms with Crippen LogP contribution in [0.25, 0.3) is 0 Å². The lowest BCUT2D eigenvalue weighted by molar-refractivity contribution is -0.120. The van der Waals surface area contributed by atoms with Gasteiger partial charge in [0.25, 0.3) is 5.91 Å². The number of amides is 2. The fourth-order valence-electron chi connectivity index (χ4n) is 2.66. The first-order valence-electron chi connectivity index (χ1n) is 9.75. The van der Waals surface area contributed by atoms with Crippen LogP contribution in [-0.2, 0) is 4.79 Å². The lowest BCUT2D eigenvalue weighted by atomic mass is 10.2. The van der Waals surface area contributed by atoms with E-state index in [4.69, 9.17) is 4.74 Å². The van der Waals surface area contributed by atoms with Gasteiger partial charge < -0.3 is 10.1 Å². The van der Waals surface area contributed by atoms with E-state index < -0.39 is 5.97 Å². The summed E-state index contributed by atoms with van der Waals surface area (Å²) in [7, 11) is 0. The van der Waals surface area contributed by atoms with Gasteiger partial charge in [-0.3, -0.25) is 9.59 Å². The molecule has 2 N–H and O–H groups in total. The van der Waals surface area contributed by atoms with Crippen molar-refractivity contribution in [2.45, 2.75) is 6.42 Å². The van der Waals surface area contributed by atoms with Crippen LogP contribution in [0.4, 0.5) is 0 Å². The molecule has 0 heterocycles. The minimum Gasteiger partial charge on any atom is -0.423 e. The van der Waals surface area contributed by atoms with E-state index in [0.29, 0.717) is 26.9 Å². The number of rotatable bonds is 8. The van der Waals surface area contributed by atoms with E-state index in [0.717, 1.165) is 0 Å². The molecule has 3 rings (SSSR count). The topological polar surface area (TPSA) is 96.9 Å². The second-order valence-corrected chi connectivity index (χ2v) is 7.46. The number of nitrogens with one attached hydrogen (secondary N) is 2. The summed E-state index contributed by atoms with van der Waals surface area (Å²) in [5.74, 6) is -0.711. The summed E-state index contributed by atoms with van der Waals surface area (Å²) >= 11 is 3.32. The van der Waals surface area contributed by atoms with Crippen molar-refractivity contribution in [1.29, 1.82) is 0 Å². The zero-order chi connectivity index (χ0) is 22.8. The maximum absolute atomic E-state index is 12.1. The number of halogens is 1. The van der Waals surface area contributed by atoms with E-state index in [1.807, 2.05) is 12.1 Å². The SMILES string of the molecule is O=C(CCNC(=O)c1ccccc1Br)NN=Cc1cccc(OC(=O)c2ccccc2)c1. The summed E-state index contributed by atoms with van der Waals surface area (Å²) in [6.07, 6.45) is 1.51. The molecule has 0 unspecified atom stereocenters. The molecule has 0 aliphatic rings. The highest BCUT2D eigenvalue weighted by molar-refractivity contribution is 9.10. The normalized spacial score (nSPS) is 10.5. The van der Waals surface area contributed by atoms with Crippen molar-refractivity contribution in [3.8, 4) is 5.75 Å². The summed E-state index contributed by atoms with van der Waals surface area (Å²) in [5, 5.41) is 6.59. The van der Waals surface area contributed by atoms with Crippen LogP contribution >= 0.6 is 15.9 Å². The molecule has 3 aromatic carbocycles. The van der Waals surface area contributed by atoms with Gasteiger partial charge in [-0.1, -0.05) is 42.5 Å². The van der Waals surface area contributed by atoms with Crippen LogP contribution in [0.3, 0.4) is 0 Å². The Morgan fingerprint density at radius 3 is 2.47 bits per heavy atom. The molecule has 0 aromatic heterocycles. The van der Waals surface area contributed by atoms with Crippen LogP contribution in [-0.4, -0.2) is 30.5 Å². The van der Waals surface area contributed by atoms with E-state index in [1.54, 1.807) is 66.7 Å². The first-order chi connectivity index (χ1) is 15.5. The number of hydrazone groups is 1. The van der Waals surface area contributed by atoms with Crippen molar-refractivity contribution in [3.63, 3.8) is 0 Å². The number of carbonyl (C=O) groups excluding carboxylic acids is 3. The monoisotopic (exact) mass is 493 g/mol. The molecule has 0 aliphatic heterocycles. The molecule has 2 amide bonds. The van der Waals surface area contributed by atoms with Crippen LogP contribution in [0.2, 0.25) is 0 Å². The standard InChI is InChI=1S/C24H20BrN3O4/c25-21-12-5-4-11-20(21)23(30)26-14-13-22(29)28-27-16-17-7-6-10-19(15-17)32-24(31)18-8-2-1-3-9-18/h1-12,15-16H,13-14H2,(H,26,30)(H,28,29). The van der Waals surface area contributed by atoms with Gasteiger partial charge in [0.2, 0.25) is 5.91 Å². The number of ether oxygens (including phenoxy) is 1. The van der Waals surface area contributed by atoms with Crippen molar-refractivity contribution in [3.05, 3.63) is 100 Å². The zero-order valence-electron chi connectivity index (χ0n) is 17.0. The summed E-state index contributed by atoms with van der Waals surface area (Å²) in [5.41, 5.74) is 4.00. The third-order valence-electron chi connectivity index (χ3n) is 4.24. The zero-order valence-corrected chi connectivity index (χ0v) is 18.5. The smallest absolute Gasteiger partial charge is 0.343 e. The average molecular weight is 494 g/mol. The van der Waals surface area contributed by atoms with Crippen LogP contribution < -0.4 is 15.5 Å². The van der Waals surface area contributed by atoms with Crippen LogP contribution in [0.15, 0.2) is 88.4 Å². The number of carbonyl (C=O) groups is 3. The van der Waals surface area contributed by atoms with Crippen molar-refractivity contribution >= 4 is 39.9 Å². The number of hydrogen-bond donors (Lipinski definition) is 2. The largest absolute Gasteiger partial charge is 0.423 e. The Hall–Kier alpha value is -3.78. The molecule has 8 heteroatoms. The molecule has 0 atom stereocenters. The number of benzene rings is 3. The van der Waals surface area contributed by atoms with Crippen molar-refractivity contribution < 1.29 is 19.1 Å². The second-order valence-electron chi connectivity index (χ2n) is 6.61. The molecule has 0 aliphatic carbocycles. The lowest BCUT2D eigenvalue weighted by Crippen LogP contribution is -2.29. The Kier molecular flexibility index (Phi) is 8.28. The van der Waals surface area contributed by atoms with E-state index in [2.05, 4.69) is 31.8 Å². The molecular weight excluding hydrogens is 474 g/mol. The number of hydrogen-bond acceptors (Lipinski definition) is 5. The van der Waals surface area contributed by atoms with Gasteiger partial charge in [-0.15, -0.1) is 0 Å². The molecule has 0 fully saturated rings. The van der Waals surface area contributed by atoms with Crippen LogP contribution in [0.1, 0.15) is 32.7 Å². The van der Waals surface area contributed by atoms with Crippen LogP contribution in [0, 0.1) is 0 Å². The Bertz CT molecular complexity index is 1130. The molecule has 0 saturated carbocycles. The molecule has 162 valence electrons. The highest BCUT2D eigenvalue weighted by Crippen LogP contribution is 2.16. The van der Waals surface area contributed by atoms with Gasteiger partial charge in [0, 0.05) is 17.4 Å².